The van der Waals surface area contributed by atoms with Crippen LogP contribution in [0.25, 0.3) is 0 Å². The minimum Gasteiger partial charge on any atom is -0.497 e. The SMILES string of the molecule is COc1cccc(CC(Cl)c2cc(Br)c(C)s2)c1. The third-order valence-electron chi connectivity index (χ3n) is 2.73. The van der Waals surface area contributed by atoms with Crippen molar-refractivity contribution in [2.24, 2.45) is 0 Å². The molecule has 0 spiro atoms. The second kappa shape index (κ2) is 6.09. The van der Waals surface area contributed by atoms with Gasteiger partial charge in [-0.25, -0.2) is 0 Å². The third kappa shape index (κ3) is 3.28. The number of thiophene rings is 1. The van der Waals surface area contributed by atoms with Gasteiger partial charge in [0.25, 0.3) is 0 Å². The van der Waals surface area contributed by atoms with Crippen LogP contribution >= 0.6 is 38.9 Å². The Morgan fingerprint density at radius 1 is 1.39 bits per heavy atom. The highest BCUT2D eigenvalue weighted by molar-refractivity contribution is 9.10. The van der Waals surface area contributed by atoms with Gasteiger partial charge in [0, 0.05) is 14.2 Å². The zero-order valence-electron chi connectivity index (χ0n) is 10.2. The fourth-order valence-electron chi connectivity index (χ4n) is 1.74. The van der Waals surface area contributed by atoms with E-state index in [0.717, 1.165) is 16.6 Å². The number of methoxy groups -OCH3 is 1. The van der Waals surface area contributed by atoms with Crippen molar-refractivity contribution in [3.05, 3.63) is 50.1 Å². The normalized spacial score (nSPS) is 12.4. The number of hydrogen-bond acceptors (Lipinski definition) is 2. The molecule has 96 valence electrons. The van der Waals surface area contributed by atoms with Crippen LogP contribution in [0.3, 0.4) is 0 Å². The van der Waals surface area contributed by atoms with Crippen LogP contribution in [0.2, 0.25) is 0 Å². The molecular weight excluding hydrogens is 332 g/mol. The molecule has 1 aromatic carbocycles. The van der Waals surface area contributed by atoms with Gasteiger partial charge in [-0.3, -0.25) is 0 Å². The smallest absolute Gasteiger partial charge is 0.119 e. The number of halogens is 2. The molecule has 1 heterocycles. The highest BCUT2D eigenvalue weighted by Gasteiger charge is 2.13. The molecule has 2 aromatic rings. The van der Waals surface area contributed by atoms with Crippen LogP contribution < -0.4 is 4.74 Å². The van der Waals surface area contributed by atoms with Crippen LogP contribution in [-0.2, 0) is 6.42 Å². The number of aryl methyl sites for hydroxylation is 1. The van der Waals surface area contributed by atoms with Gasteiger partial charge in [0.15, 0.2) is 0 Å². The van der Waals surface area contributed by atoms with Crippen LogP contribution in [0.4, 0.5) is 0 Å². The Labute approximate surface area is 125 Å². The predicted octanol–water partition coefficient (Wildman–Crippen LogP) is 5.35. The van der Waals surface area contributed by atoms with E-state index in [2.05, 4.69) is 35.0 Å². The average Bonchev–Trinajstić information content (AvgIpc) is 2.70. The second-order valence-electron chi connectivity index (χ2n) is 4.08. The molecule has 0 radical (unpaired) electrons. The van der Waals surface area contributed by atoms with Gasteiger partial charge in [0.2, 0.25) is 0 Å². The lowest BCUT2D eigenvalue weighted by Crippen LogP contribution is -1.94. The minimum atomic E-state index is 0.00658. The Morgan fingerprint density at radius 3 is 2.78 bits per heavy atom. The molecule has 0 fully saturated rings. The van der Waals surface area contributed by atoms with Crippen molar-refractivity contribution >= 4 is 38.9 Å². The highest BCUT2D eigenvalue weighted by Crippen LogP contribution is 2.35. The number of rotatable bonds is 4. The fourth-order valence-corrected chi connectivity index (χ4v) is 3.66. The van der Waals surface area contributed by atoms with E-state index in [1.165, 1.54) is 15.3 Å². The van der Waals surface area contributed by atoms with E-state index >= 15 is 0 Å². The van der Waals surface area contributed by atoms with Gasteiger partial charge < -0.3 is 4.74 Å². The zero-order chi connectivity index (χ0) is 13.1. The molecular formula is C14H14BrClOS. The molecule has 0 aliphatic rings. The lowest BCUT2D eigenvalue weighted by molar-refractivity contribution is 0.414. The first-order valence-corrected chi connectivity index (χ1v) is 7.67. The molecule has 1 nitrogen and oxygen atoms in total. The molecule has 2 rings (SSSR count). The van der Waals surface area contributed by atoms with Crippen LogP contribution in [0, 0.1) is 6.92 Å². The predicted molar refractivity (Wildman–Crippen MR) is 82.0 cm³/mol. The van der Waals surface area contributed by atoms with Crippen molar-refractivity contribution in [3.63, 3.8) is 0 Å². The maximum atomic E-state index is 6.47. The molecule has 0 amide bonds. The van der Waals surface area contributed by atoms with E-state index in [1.54, 1.807) is 18.4 Å². The maximum Gasteiger partial charge on any atom is 0.119 e. The van der Waals surface area contributed by atoms with Gasteiger partial charge in [0.1, 0.15) is 5.75 Å². The lowest BCUT2D eigenvalue weighted by Gasteiger charge is -2.08. The van der Waals surface area contributed by atoms with E-state index in [0.29, 0.717) is 0 Å². The first kappa shape index (κ1) is 13.9. The first-order valence-electron chi connectivity index (χ1n) is 5.63. The molecule has 18 heavy (non-hydrogen) atoms. The summed E-state index contributed by atoms with van der Waals surface area (Å²) in [6.07, 6.45) is 0.811. The van der Waals surface area contributed by atoms with Crippen molar-refractivity contribution in [2.45, 2.75) is 18.7 Å². The largest absolute Gasteiger partial charge is 0.497 e. The molecule has 1 unspecified atom stereocenters. The first-order chi connectivity index (χ1) is 8.60. The van der Waals surface area contributed by atoms with Gasteiger partial charge in [0.05, 0.1) is 12.5 Å². The molecule has 1 atom stereocenters. The van der Waals surface area contributed by atoms with Crippen LogP contribution in [0.5, 0.6) is 5.75 Å². The van der Waals surface area contributed by atoms with Crippen LogP contribution in [0.15, 0.2) is 34.8 Å². The van der Waals surface area contributed by atoms with Gasteiger partial charge in [-0.15, -0.1) is 22.9 Å². The fraction of sp³-hybridized carbons (Fsp3) is 0.286. The van der Waals surface area contributed by atoms with Crippen molar-refractivity contribution in [2.75, 3.05) is 7.11 Å². The Hall–Kier alpha value is -0.510. The summed E-state index contributed by atoms with van der Waals surface area (Å²) in [7, 11) is 1.68. The molecule has 4 heteroatoms. The topological polar surface area (TPSA) is 9.23 Å². The molecule has 0 bridgehead atoms. The summed E-state index contributed by atoms with van der Waals surface area (Å²) in [6, 6.07) is 10.2. The molecule has 0 aliphatic carbocycles. The van der Waals surface area contributed by atoms with Crippen molar-refractivity contribution in [1.82, 2.24) is 0 Å². The Balaban J connectivity index is 2.13. The van der Waals surface area contributed by atoms with Gasteiger partial charge >= 0.3 is 0 Å². The number of hydrogen-bond donors (Lipinski definition) is 0. The Kier molecular flexibility index (Phi) is 4.71. The van der Waals surface area contributed by atoms with Crippen molar-refractivity contribution in [3.8, 4) is 5.75 Å². The monoisotopic (exact) mass is 344 g/mol. The quantitative estimate of drug-likeness (QED) is 0.679. The van der Waals surface area contributed by atoms with Gasteiger partial charge in [-0.2, -0.15) is 0 Å². The Morgan fingerprint density at radius 2 is 2.17 bits per heavy atom. The number of benzene rings is 1. The third-order valence-corrected chi connectivity index (χ3v) is 5.50. The summed E-state index contributed by atoms with van der Waals surface area (Å²) >= 11 is 11.7. The molecule has 0 saturated heterocycles. The van der Waals surface area contributed by atoms with E-state index < -0.39 is 0 Å². The van der Waals surface area contributed by atoms with Crippen molar-refractivity contribution in [1.29, 1.82) is 0 Å². The van der Waals surface area contributed by atoms with Crippen LogP contribution in [0.1, 0.15) is 20.7 Å². The summed E-state index contributed by atoms with van der Waals surface area (Å²) in [5.41, 5.74) is 1.19. The van der Waals surface area contributed by atoms with E-state index in [4.69, 9.17) is 16.3 Å². The van der Waals surface area contributed by atoms with E-state index in [1.807, 2.05) is 18.2 Å². The number of ether oxygens (including phenoxy) is 1. The summed E-state index contributed by atoms with van der Waals surface area (Å²) < 4.78 is 6.36. The summed E-state index contributed by atoms with van der Waals surface area (Å²) in [6.45, 7) is 2.09. The van der Waals surface area contributed by atoms with Crippen LogP contribution in [-0.4, -0.2) is 7.11 Å². The summed E-state index contributed by atoms with van der Waals surface area (Å²) in [5.74, 6) is 0.875. The standard InChI is InChI=1S/C14H14BrClOS/c1-9-12(15)8-14(18-9)13(16)7-10-4-3-5-11(6-10)17-2/h3-6,8,13H,7H2,1-2H3. The molecule has 1 aromatic heterocycles. The Bertz CT molecular complexity index is 519. The van der Waals surface area contributed by atoms with Gasteiger partial charge in [-0.1, -0.05) is 12.1 Å². The maximum absolute atomic E-state index is 6.47. The number of alkyl halides is 1. The second-order valence-corrected chi connectivity index (χ2v) is 6.75. The zero-order valence-corrected chi connectivity index (χ0v) is 13.4. The molecule has 0 saturated carbocycles. The highest BCUT2D eigenvalue weighted by atomic mass is 79.9. The van der Waals surface area contributed by atoms with E-state index in [9.17, 15) is 0 Å². The lowest BCUT2D eigenvalue weighted by atomic mass is 10.1. The van der Waals surface area contributed by atoms with Crippen molar-refractivity contribution < 1.29 is 4.74 Å². The summed E-state index contributed by atoms with van der Waals surface area (Å²) in [4.78, 5) is 2.46. The molecule has 0 N–H and O–H groups in total. The average molecular weight is 346 g/mol. The van der Waals surface area contributed by atoms with Gasteiger partial charge in [-0.05, 0) is 53.0 Å². The van der Waals surface area contributed by atoms with E-state index in [-0.39, 0.29) is 5.38 Å². The minimum absolute atomic E-state index is 0.00658. The molecule has 0 aliphatic heterocycles. The summed E-state index contributed by atoms with van der Waals surface area (Å²) in [5, 5.41) is 0.00658.